The van der Waals surface area contributed by atoms with Crippen LogP contribution in [0.4, 0.5) is 5.13 Å². The van der Waals surface area contributed by atoms with Gasteiger partial charge in [0, 0.05) is 40.7 Å². The van der Waals surface area contributed by atoms with E-state index >= 15 is 0 Å². The Morgan fingerprint density at radius 1 is 1.42 bits per heavy atom. The summed E-state index contributed by atoms with van der Waals surface area (Å²) in [7, 11) is -3.25. The monoisotopic (exact) mass is 582 g/mol. The fraction of sp³-hybridized carbons (Fsp3) is 0.381. The van der Waals surface area contributed by atoms with Crippen molar-refractivity contribution in [3.63, 3.8) is 0 Å². The topological polar surface area (TPSA) is 198 Å². The quantitative estimate of drug-likeness (QED) is 0.136. The summed E-state index contributed by atoms with van der Waals surface area (Å²) in [5, 5.41) is 15.7. The van der Waals surface area contributed by atoms with Crippen LogP contribution in [0.1, 0.15) is 18.3 Å². The Morgan fingerprint density at radius 2 is 2.18 bits per heavy atom. The van der Waals surface area contributed by atoms with Crippen molar-refractivity contribution in [2.45, 2.75) is 30.6 Å². The molecule has 4 rings (SSSR count). The fourth-order valence-electron chi connectivity index (χ4n) is 3.94. The van der Waals surface area contributed by atoms with Gasteiger partial charge in [0.05, 0.1) is 5.75 Å². The molecule has 14 nitrogen and oxygen atoms in total. The van der Waals surface area contributed by atoms with Gasteiger partial charge in [-0.1, -0.05) is 5.16 Å². The number of nitrogens with one attached hydrogen (secondary N) is 1. The molecular weight excluding hydrogens is 558 g/mol. The summed E-state index contributed by atoms with van der Waals surface area (Å²) in [6.07, 6.45) is 4.45. The lowest BCUT2D eigenvalue weighted by atomic mass is 10.0. The number of hydrogen-bond acceptors (Lipinski definition) is 12. The number of carbonyl (C=O) groups excluding carboxylic acids is 2. The Balaban J connectivity index is 1.53. The molecule has 4 heterocycles. The molecule has 0 radical (unpaired) electrons. The van der Waals surface area contributed by atoms with E-state index in [1.807, 2.05) is 0 Å². The zero-order valence-electron chi connectivity index (χ0n) is 20.2. The summed E-state index contributed by atoms with van der Waals surface area (Å²) in [4.78, 5) is 48.2. The van der Waals surface area contributed by atoms with E-state index in [2.05, 4.69) is 19.8 Å². The number of aliphatic carboxylic acids is 1. The molecule has 17 heteroatoms. The van der Waals surface area contributed by atoms with Crippen molar-refractivity contribution in [3.8, 4) is 0 Å². The predicted octanol–water partition coefficient (Wildman–Crippen LogP) is -0.868. The van der Waals surface area contributed by atoms with Gasteiger partial charge >= 0.3 is 5.97 Å². The Bertz CT molecular complexity index is 1450. The highest BCUT2D eigenvalue weighted by Gasteiger charge is 2.54. The van der Waals surface area contributed by atoms with Crippen LogP contribution in [0.5, 0.6) is 0 Å². The maximum Gasteiger partial charge on any atom is 0.352 e. The molecule has 2 aliphatic rings. The first-order valence-electron chi connectivity index (χ1n) is 11.1. The lowest BCUT2D eigenvalue weighted by molar-refractivity contribution is -0.689. The van der Waals surface area contributed by atoms with Crippen LogP contribution in [-0.4, -0.2) is 81.3 Å². The number of nitrogen functional groups attached to an aromatic ring is 1. The van der Waals surface area contributed by atoms with E-state index < -0.39 is 39.0 Å². The summed E-state index contributed by atoms with van der Waals surface area (Å²) in [6, 6.07) is 2.34. The Hall–Kier alpha value is -3.57. The summed E-state index contributed by atoms with van der Waals surface area (Å²) in [5.74, 6) is -2.57. The molecule has 2 aromatic heterocycles. The van der Waals surface area contributed by atoms with Crippen molar-refractivity contribution in [1.82, 2.24) is 19.6 Å². The summed E-state index contributed by atoms with van der Waals surface area (Å²) < 4.78 is 28.9. The van der Waals surface area contributed by atoms with Gasteiger partial charge in [-0.3, -0.25) is 14.5 Å². The number of aromatic nitrogens is 3. The number of amides is 2. The number of hydrogen-bond donors (Lipinski definition) is 3. The van der Waals surface area contributed by atoms with Crippen molar-refractivity contribution < 1.29 is 37.3 Å². The molecule has 1 unspecified atom stereocenters. The van der Waals surface area contributed by atoms with E-state index in [-0.39, 0.29) is 47.0 Å². The maximum atomic E-state index is 13.0. The highest BCUT2D eigenvalue weighted by molar-refractivity contribution is 8.00. The lowest BCUT2D eigenvalue weighted by Gasteiger charge is -2.49. The SMILES string of the molecule is CCON=C(C(=O)NC1C(=O)N2C(C(=O)O)=C(C[n+]3cccc(CS(C)(=O)=O)c3)CS[C@H]12)c1nsc(N)n1. The molecule has 2 atom stereocenters. The number of oxime groups is 1. The van der Waals surface area contributed by atoms with E-state index in [0.29, 0.717) is 11.1 Å². The number of nitrogens with zero attached hydrogens (tertiary/aromatic N) is 5. The molecule has 0 saturated carbocycles. The molecule has 0 aliphatic carbocycles. The number of rotatable bonds is 10. The molecule has 0 bridgehead atoms. The van der Waals surface area contributed by atoms with E-state index in [1.54, 1.807) is 36.0 Å². The van der Waals surface area contributed by atoms with Gasteiger partial charge in [-0.25, -0.2) is 17.8 Å². The lowest BCUT2D eigenvalue weighted by Crippen LogP contribution is -2.71. The average Bonchev–Trinajstić information content (AvgIpc) is 3.27. The number of carbonyl (C=O) groups is 3. The zero-order valence-corrected chi connectivity index (χ0v) is 22.7. The van der Waals surface area contributed by atoms with E-state index in [0.717, 1.165) is 22.7 Å². The van der Waals surface area contributed by atoms with Crippen LogP contribution >= 0.6 is 23.3 Å². The largest absolute Gasteiger partial charge is 0.477 e. The Labute approximate surface area is 225 Å². The van der Waals surface area contributed by atoms with E-state index in [1.165, 1.54) is 11.8 Å². The molecule has 2 aromatic rings. The second kappa shape index (κ2) is 11.0. The third kappa shape index (κ3) is 5.94. The van der Waals surface area contributed by atoms with Crippen LogP contribution in [0.25, 0.3) is 0 Å². The van der Waals surface area contributed by atoms with Crippen LogP contribution < -0.4 is 15.6 Å². The van der Waals surface area contributed by atoms with E-state index in [9.17, 15) is 27.9 Å². The highest BCUT2D eigenvalue weighted by Crippen LogP contribution is 2.40. The van der Waals surface area contributed by atoms with Crippen molar-refractivity contribution in [1.29, 1.82) is 0 Å². The average molecular weight is 583 g/mol. The van der Waals surface area contributed by atoms with Gasteiger partial charge in [-0.2, -0.15) is 9.36 Å². The molecule has 2 aliphatic heterocycles. The standard InChI is InChI=1S/C21H23N7O7S3/c1-3-35-25-13(16-24-21(22)37-26-16)17(29)23-14-18(30)28-15(20(31)32)12(9-36-19(14)28)8-27-6-4-5-11(7-27)10-38(2,33)34/h4-7,14,19H,3,8-10H2,1-2H3,(H3-,22,23,24,26,29,31,32)/p+1/t14?,19-/m1/s1. The third-order valence-corrected chi connectivity index (χ3v) is 8.15. The number of sulfone groups is 1. The number of fused-ring (bicyclic) bond motifs is 1. The van der Waals surface area contributed by atoms with Crippen LogP contribution in [0.2, 0.25) is 0 Å². The van der Waals surface area contributed by atoms with Crippen LogP contribution in [-0.2, 0) is 41.4 Å². The van der Waals surface area contributed by atoms with Crippen molar-refractivity contribution in [2.24, 2.45) is 5.16 Å². The minimum absolute atomic E-state index is 0.0538. The third-order valence-electron chi connectivity index (χ3n) is 5.41. The van der Waals surface area contributed by atoms with Crippen molar-refractivity contribution in [3.05, 3.63) is 47.2 Å². The fourth-order valence-corrected chi connectivity index (χ4v) is 6.49. The van der Waals surface area contributed by atoms with E-state index in [4.69, 9.17) is 10.6 Å². The second-order valence-corrected chi connectivity index (χ2v) is 12.4. The smallest absolute Gasteiger partial charge is 0.352 e. The molecule has 38 heavy (non-hydrogen) atoms. The number of anilines is 1. The molecule has 1 saturated heterocycles. The first kappa shape index (κ1) is 27.5. The van der Waals surface area contributed by atoms with Gasteiger partial charge in [0.15, 0.2) is 33.9 Å². The molecule has 1 fully saturated rings. The molecule has 0 spiro atoms. The number of carboxylic acids is 1. The first-order valence-corrected chi connectivity index (χ1v) is 15.0. The van der Waals surface area contributed by atoms with Crippen LogP contribution in [0, 0.1) is 0 Å². The minimum atomic E-state index is -3.25. The Morgan fingerprint density at radius 3 is 2.82 bits per heavy atom. The van der Waals surface area contributed by atoms with Gasteiger partial charge in [0.1, 0.15) is 23.7 Å². The highest BCUT2D eigenvalue weighted by atomic mass is 32.2. The molecule has 4 N–H and O–H groups in total. The van der Waals surface area contributed by atoms with Gasteiger partial charge in [0.25, 0.3) is 11.8 Å². The minimum Gasteiger partial charge on any atom is -0.477 e. The molecule has 2 amide bonds. The molecular formula is C21H24N7O7S3+. The number of nitrogens with two attached hydrogens (primary N) is 1. The summed E-state index contributed by atoms with van der Waals surface area (Å²) in [6.45, 7) is 1.99. The number of carboxylic acid groups (broad SMARTS) is 1. The summed E-state index contributed by atoms with van der Waals surface area (Å²) >= 11 is 2.17. The normalized spacial score (nSPS) is 19.6. The summed E-state index contributed by atoms with van der Waals surface area (Å²) in [5.41, 5.74) is 6.21. The number of β-lactam (4-membered cyclic amide) rings is 1. The number of pyridine rings is 1. The first-order chi connectivity index (χ1) is 18.0. The van der Waals surface area contributed by atoms with Crippen LogP contribution in [0.3, 0.4) is 0 Å². The number of thioether (sulfide) groups is 1. The van der Waals surface area contributed by atoms with Crippen molar-refractivity contribution >= 4 is 61.8 Å². The van der Waals surface area contributed by atoms with Gasteiger partial charge < -0.3 is 21.0 Å². The second-order valence-electron chi connectivity index (χ2n) is 8.39. The maximum absolute atomic E-state index is 13.0. The van der Waals surface area contributed by atoms with Gasteiger partial charge in [0.2, 0.25) is 11.5 Å². The Kier molecular flexibility index (Phi) is 7.98. The zero-order chi connectivity index (χ0) is 27.6. The predicted molar refractivity (Wildman–Crippen MR) is 137 cm³/mol. The van der Waals surface area contributed by atoms with Gasteiger partial charge in [-0.15, -0.1) is 11.8 Å². The molecule has 0 aromatic carbocycles. The van der Waals surface area contributed by atoms with Crippen LogP contribution in [0.15, 0.2) is 41.0 Å². The van der Waals surface area contributed by atoms with Crippen molar-refractivity contribution in [2.75, 3.05) is 24.3 Å². The van der Waals surface area contributed by atoms with Gasteiger partial charge in [-0.05, 0) is 13.0 Å². The molecule has 202 valence electrons.